The van der Waals surface area contributed by atoms with Crippen LogP contribution in [0, 0.1) is 0 Å². The lowest BCUT2D eigenvalue weighted by atomic mass is 9.95. The number of methoxy groups -OCH3 is 5. The van der Waals surface area contributed by atoms with Crippen molar-refractivity contribution in [2.75, 3.05) is 42.6 Å². The van der Waals surface area contributed by atoms with Crippen LogP contribution in [0.5, 0.6) is 28.7 Å². The van der Waals surface area contributed by atoms with Crippen molar-refractivity contribution in [2.45, 2.75) is 25.4 Å². The predicted octanol–water partition coefficient (Wildman–Crippen LogP) is 4.88. The largest absolute Gasteiger partial charge is 0.496 e. The first-order chi connectivity index (χ1) is 17.5. The fraction of sp³-hybridized carbons (Fsp3) is 0.345. The summed E-state index contributed by atoms with van der Waals surface area (Å²) < 4.78 is 28.2. The van der Waals surface area contributed by atoms with Gasteiger partial charge in [0.05, 0.1) is 35.5 Å². The van der Waals surface area contributed by atoms with Crippen molar-refractivity contribution in [1.29, 1.82) is 0 Å². The van der Waals surface area contributed by atoms with Gasteiger partial charge in [-0.1, -0.05) is 24.3 Å². The molecule has 7 heteroatoms. The number of rotatable bonds is 8. The van der Waals surface area contributed by atoms with Crippen molar-refractivity contribution >= 4 is 0 Å². The van der Waals surface area contributed by atoms with Gasteiger partial charge in [-0.15, -0.1) is 0 Å². The highest BCUT2D eigenvalue weighted by atomic mass is 16.5. The molecule has 3 aromatic rings. The van der Waals surface area contributed by atoms with Crippen LogP contribution in [0.4, 0.5) is 0 Å². The van der Waals surface area contributed by atoms with Crippen molar-refractivity contribution in [3.63, 3.8) is 0 Å². The van der Waals surface area contributed by atoms with Gasteiger partial charge in [0.1, 0.15) is 5.75 Å². The Morgan fingerprint density at radius 1 is 0.806 bits per heavy atom. The summed E-state index contributed by atoms with van der Waals surface area (Å²) in [4.78, 5) is 15.4. The lowest BCUT2D eigenvalue weighted by molar-refractivity contribution is 0.223. The molecule has 0 N–H and O–H groups in total. The second kappa shape index (κ2) is 10.9. The van der Waals surface area contributed by atoms with Crippen LogP contribution in [0.25, 0.3) is 11.1 Å². The molecule has 1 atom stereocenters. The molecule has 0 bridgehead atoms. The molecule has 0 radical (unpaired) electrons. The monoisotopic (exact) mass is 491 g/mol. The fourth-order valence-electron chi connectivity index (χ4n) is 5.12. The quantitative estimate of drug-likeness (QED) is 0.445. The minimum atomic E-state index is -0.169. The van der Waals surface area contributed by atoms with Gasteiger partial charge in [0, 0.05) is 23.7 Å². The van der Waals surface area contributed by atoms with Crippen molar-refractivity contribution in [3.05, 3.63) is 75.4 Å². The Balaban J connectivity index is 1.94. The summed E-state index contributed by atoms with van der Waals surface area (Å²) in [7, 11) is 10.1. The molecule has 0 aromatic heterocycles. The van der Waals surface area contributed by atoms with Crippen LogP contribution < -0.4 is 29.1 Å². The summed E-state index contributed by atoms with van der Waals surface area (Å²) >= 11 is 0. The highest BCUT2D eigenvalue weighted by molar-refractivity contribution is 5.82. The van der Waals surface area contributed by atoms with E-state index in [0.717, 1.165) is 46.4 Å². The molecule has 3 aromatic carbocycles. The van der Waals surface area contributed by atoms with E-state index in [1.165, 1.54) is 7.11 Å². The maximum atomic E-state index is 13.1. The van der Waals surface area contributed by atoms with Gasteiger partial charge in [0.2, 0.25) is 11.2 Å². The van der Waals surface area contributed by atoms with Crippen molar-refractivity contribution < 1.29 is 23.7 Å². The molecule has 190 valence electrons. The topological polar surface area (TPSA) is 66.5 Å². The summed E-state index contributed by atoms with van der Waals surface area (Å²) in [6.45, 7) is 0.651. The van der Waals surface area contributed by atoms with Crippen LogP contribution >= 0.6 is 0 Å². The molecule has 1 aliphatic rings. The van der Waals surface area contributed by atoms with E-state index in [-0.39, 0.29) is 17.2 Å². The smallest absolute Gasteiger partial charge is 0.220 e. The molecule has 0 saturated carbocycles. The molecule has 0 spiro atoms. The van der Waals surface area contributed by atoms with Crippen LogP contribution in [0.1, 0.15) is 29.2 Å². The van der Waals surface area contributed by atoms with E-state index < -0.39 is 0 Å². The molecule has 7 nitrogen and oxygen atoms in total. The molecule has 36 heavy (non-hydrogen) atoms. The minimum absolute atomic E-state index is 0.0520. The first-order valence-electron chi connectivity index (χ1n) is 11.8. The van der Waals surface area contributed by atoms with Gasteiger partial charge in [0.25, 0.3) is 0 Å². The zero-order valence-electron chi connectivity index (χ0n) is 21.7. The summed E-state index contributed by atoms with van der Waals surface area (Å²) in [5.41, 5.74) is 4.68. The van der Waals surface area contributed by atoms with Crippen LogP contribution in [0.15, 0.2) is 53.3 Å². The number of ether oxygens (including phenoxy) is 5. The van der Waals surface area contributed by atoms with E-state index in [2.05, 4.69) is 18.0 Å². The molecule has 0 aliphatic heterocycles. The van der Waals surface area contributed by atoms with Gasteiger partial charge in [-0.25, -0.2) is 0 Å². The van der Waals surface area contributed by atoms with Crippen LogP contribution in [-0.2, 0) is 13.0 Å². The lowest BCUT2D eigenvalue weighted by Gasteiger charge is -2.29. The summed E-state index contributed by atoms with van der Waals surface area (Å²) in [5, 5.41) is 0. The fourth-order valence-corrected chi connectivity index (χ4v) is 5.12. The van der Waals surface area contributed by atoms with Gasteiger partial charge in [-0.05, 0) is 60.8 Å². The van der Waals surface area contributed by atoms with Gasteiger partial charge in [-0.3, -0.25) is 9.69 Å². The predicted molar refractivity (Wildman–Crippen MR) is 140 cm³/mol. The Kier molecular flexibility index (Phi) is 7.70. The standard InChI is InChI=1S/C29H33NO6/c1-30(17-19-9-7-8-10-24(19)32-2)22-13-11-18-15-26(34-4)28(35-5)29(36-6)27(18)20-12-14-25(33-3)23(31)16-21(20)22/h7-10,12,14-16,22H,11,13,17H2,1-6H3. The summed E-state index contributed by atoms with van der Waals surface area (Å²) in [6.07, 6.45) is 1.55. The van der Waals surface area contributed by atoms with Crippen LogP contribution in [-0.4, -0.2) is 47.5 Å². The molecule has 0 saturated heterocycles. The zero-order valence-corrected chi connectivity index (χ0v) is 21.7. The van der Waals surface area contributed by atoms with Crippen molar-refractivity contribution in [3.8, 4) is 39.9 Å². The number of benzene rings is 2. The number of hydrogen-bond acceptors (Lipinski definition) is 7. The number of hydrogen-bond donors (Lipinski definition) is 0. The molecule has 1 aliphatic carbocycles. The Bertz CT molecular complexity index is 1310. The molecule has 0 amide bonds. The molecular formula is C29H33NO6. The lowest BCUT2D eigenvalue weighted by Crippen LogP contribution is -2.25. The molecule has 1 unspecified atom stereocenters. The van der Waals surface area contributed by atoms with Gasteiger partial charge in [-0.2, -0.15) is 0 Å². The Labute approximate surface area is 212 Å². The number of aryl methyl sites for hydroxylation is 1. The molecule has 0 fully saturated rings. The Morgan fingerprint density at radius 3 is 2.17 bits per heavy atom. The van der Waals surface area contributed by atoms with E-state index >= 15 is 0 Å². The molecular weight excluding hydrogens is 458 g/mol. The van der Waals surface area contributed by atoms with Crippen molar-refractivity contribution in [1.82, 2.24) is 4.90 Å². The first-order valence-corrected chi connectivity index (χ1v) is 11.8. The third kappa shape index (κ3) is 4.58. The van der Waals surface area contributed by atoms with E-state index in [4.69, 9.17) is 23.7 Å². The highest BCUT2D eigenvalue weighted by Gasteiger charge is 2.31. The zero-order chi connectivity index (χ0) is 25.8. The number of nitrogens with zero attached hydrogens (tertiary/aromatic N) is 1. The highest BCUT2D eigenvalue weighted by Crippen LogP contribution is 2.51. The third-order valence-electron chi connectivity index (χ3n) is 6.83. The minimum Gasteiger partial charge on any atom is -0.496 e. The molecule has 4 rings (SSSR count). The van der Waals surface area contributed by atoms with Gasteiger partial charge >= 0.3 is 0 Å². The van der Waals surface area contributed by atoms with Gasteiger partial charge < -0.3 is 23.7 Å². The number of para-hydroxylation sites is 1. The van der Waals surface area contributed by atoms with Crippen molar-refractivity contribution in [2.24, 2.45) is 0 Å². The van der Waals surface area contributed by atoms with Crippen LogP contribution in [0.2, 0.25) is 0 Å². The summed E-state index contributed by atoms with van der Waals surface area (Å²) in [6, 6.07) is 15.3. The molecule has 0 heterocycles. The maximum Gasteiger partial charge on any atom is 0.220 e. The van der Waals surface area contributed by atoms with Gasteiger partial charge in [0.15, 0.2) is 17.2 Å². The average molecular weight is 492 g/mol. The number of fused-ring (bicyclic) bond motifs is 3. The second-order valence-electron chi connectivity index (χ2n) is 8.74. The Hall–Kier alpha value is -3.71. The van der Waals surface area contributed by atoms with E-state index in [1.807, 2.05) is 30.3 Å². The van der Waals surface area contributed by atoms with E-state index in [9.17, 15) is 4.79 Å². The van der Waals surface area contributed by atoms with E-state index in [0.29, 0.717) is 23.8 Å². The second-order valence-corrected chi connectivity index (χ2v) is 8.74. The summed E-state index contributed by atoms with van der Waals surface area (Å²) in [5.74, 6) is 2.83. The van der Waals surface area contributed by atoms with Crippen LogP contribution in [0.3, 0.4) is 0 Å². The normalized spacial score (nSPS) is 14.4. The first kappa shape index (κ1) is 25.4. The average Bonchev–Trinajstić information content (AvgIpc) is 3.15. The maximum absolute atomic E-state index is 13.1. The third-order valence-corrected chi connectivity index (χ3v) is 6.83. The van der Waals surface area contributed by atoms with E-state index in [1.54, 1.807) is 40.6 Å². The Morgan fingerprint density at radius 2 is 1.50 bits per heavy atom. The SMILES string of the molecule is COc1ccccc1CN(C)C1CCc2cc(OC)c(OC)c(OC)c2-c2ccc(OC)c(=O)cc21.